The topological polar surface area (TPSA) is 29.5 Å². The van der Waals surface area contributed by atoms with Crippen LogP contribution in [0.4, 0.5) is 13.2 Å². The molecule has 1 unspecified atom stereocenters. The number of rotatable bonds is 5. The van der Waals surface area contributed by atoms with Crippen molar-refractivity contribution >= 4 is 15.9 Å². The number of aliphatic hydroxyl groups excluding tert-OH is 1. The molecular formula is C15H12BrF3O2. The van der Waals surface area contributed by atoms with Gasteiger partial charge in [-0.3, -0.25) is 0 Å². The van der Waals surface area contributed by atoms with Gasteiger partial charge in [0.25, 0.3) is 0 Å². The van der Waals surface area contributed by atoms with Crippen LogP contribution in [0.25, 0.3) is 0 Å². The summed E-state index contributed by atoms with van der Waals surface area (Å²) in [6.07, 6.45) is -0.688. The zero-order chi connectivity index (χ0) is 15.4. The summed E-state index contributed by atoms with van der Waals surface area (Å²) in [5.74, 6) is -0.396. The Hall–Kier alpha value is -1.53. The van der Waals surface area contributed by atoms with Gasteiger partial charge in [0, 0.05) is 10.9 Å². The summed E-state index contributed by atoms with van der Waals surface area (Å²) in [5, 5.41) is 10.2. The summed E-state index contributed by atoms with van der Waals surface area (Å²) in [6.45, 7) is -2.91. The number of alkyl halides is 2. The van der Waals surface area contributed by atoms with E-state index in [2.05, 4.69) is 20.7 Å². The first-order valence-electron chi connectivity index (χ1n) is 6.12. The second-order valence-corrected chi connectivity index (χ2v) is 5.26. The molecular weight excluding hydrogens is 349 g/mol. The zero-order valence-corrected chi connectivity index (χ0v) is 12.4. The molecule has 2 aromatic carbocycles. The molecule has 0 saturated carbocycles. The molecule has 0 saturated heterocycles. The molecule has 1 N–H and O–H groups in total. The summed E-state index contributed by atoms with van der Waals surface area (Å²) in [7, 11) is 0. The molecule has 0 aliphatic heterocycles. The molecule has 2 nitrogen and oxygen atoms in total. The first-order chi connectivity index (χ1) is 9.95. The number of hydrogen-bond acceptors (Lipinski definition) is 2. The second-order valence-electron chi connectivity index (χ2n) is 4.41. The Balaban J connectivity index is 2.14. The van der Waals surface area contributed by atoms with Gasteiger partial charge >= 0.3 is 6.61 Å². The molecule has 2 rings (SSSR count). The maximum atomic E-state index is 13.0. The standard InChI is InChI=1S/C15H12BrF3O2/c16-13-8-11(17)5-4-9(13)7-14(20)10-2-1-3-12(6-10)21-15(18)19/h1-6,8,14-15,20H,7H2. The number of halogens is 4. The van der Waals surface area contributed by atoms with E-state index in [4.69, 9.17) is 0 Å². The van der Waals surface area contributed by atoms with Gasteiger partial charge < -0.3 is 9.84 Å². The van der Waals surface area contributed by atoms with Crippen LogP contribution < -0.4 is 4.74 Å². The van der Waals surface area contributed by atoms with E-state index in [1.54, 1.807) is 12.1 Å². The molecule has 21 heavy (non-hydrogen) atoms. The molecule has 0 aliphatic carbocycles. The molecule has 0 fully saturated rings. The van der Waals surface area contributed by atoms with Gasteiger partial charge in [-0.25, -0.2) is 4.39 Å². The van der Waals surface area contributed by atoms with E-state index in [0.717, 1.165) is 0 Å². The minimum atomic E-state index is -2.91. The van der Waals surface area contributed by atoms with Crippen molar-refractivity contribution in [3.63, 3.8) is 0 Å². The Morgan fingerprint density at radius 2 is 1.90 bits per heavy atom. The minimum absolute atomic E-state index is 0.0141. The van der Waals surface area contributed by atoms with Crippen molar-refractivity contribution in [2.24, 2.45) is 0 Å². The fourth-order valence-corrected chi connectivity index (χ4v) is 2.42. The molecule has 2 aromatic rings. The number of ether oxygens (including phenoxy) is 1. The number of benzene rings is 2. The van der Waals surface area contributed by atoms with Gasteiger partial charge in [-0.15, -0.1) is 0 Å². The Kier molecular flexibility index (Phi) is 5.25. The van der Waals surface area contributed by atoms with Crippen LogP contribution in [0.2, 0.25) is 0 Å². The average molecular weight is 361 g/mol. The minimum Gasteiger partial charge on any atom is -0.435 e. The third-order valence-corrected chi connectivity index (χ3v) is 3.63. The third-order valence-electron chi connectivity index (χ3n) is 2.90. The Labute approximate surface area is 128 Å². The summed E-state index contributed by atoms with van der Waals surface area (Å²) in [5.41, 5.74) is 1.16. The smallest absolute Gasteiger partial charge is 0.387 e. The van der Waals surface area contributed by atoms with Gasteiger partial charge in [-0.05, 0) is 35.4 Å². The molecule has 0 spiro atoms. The lowest BCUT2D eigenvalue weighted by atomic mass is 10.0. The normalized spacial score (nSPS) is 12.5. The number of hydrogen-bond donors (Lipinski definition) is 1. The molecule has 6 heteroatoms. The van der Waals surface area contributed by atoms with Gasteiger partial charge in [0.15, 0.2) is 0 Å². The lowest BCUT2D eigenvalue weighted by molar-refractivity contribution is -0.0499. The highest BCUT2D eigenvalue weighted by Crippen LogP contribution is 2.27. The predicted molar refractivity (Wildman–Crippen MR) is 75.8 cm³/mol. The van der Waals surface area contributed by atoms with Crippen molar-refractivity contribution in [2.75, 3.05) is 0 Å². The van der Waals surface area contributed by atoms with E-state index in [-0.39, 0.29) is 18.0 Å². The van der Waals surface area contributed by atoms with Crippen LogP contribution >= 0.6 is 15.9 Å². The molecule has 0 aliphatic rings. The highest BCUT2D eigenvalue weighted by atomic mass is 79.9. The van der Waals surface area contributed by atoms with Crippen LogP contribution in [0.15, 0.2) is 46.9 Å². The van der Waals surface area contributed by atoms with E-state index in [1.165, 1.54) is 30.3 Å². The lowest BCUT2D eigenvalue weighted by Crippen LogP contribution is -2.05. The Morgan fingerprint density at radius 1 is 1.14 bits per heavy atom. The van der Waals surface area contributed by atoms with Gasteiger partial charge in [0.05, 0.1) is 6.10 Å². The fourth-order valence-electron chi connectivity index (χ4n) is 1.91. The largest absolute Gasteiger partial charge is 0.435 e. The Morgan fingerprint density at radius 3 is 2.57 bits per heavy atom. The molecule has 1 atom stereocenters. The fraction of sp³-hybridized carbons (Fsp3) is 0.200. The van der Waals surface area contributed by atoms with E-state index >= 15 is 0 Å². The van der Waals surface area contributed by atoms with Crippen LogP contribution in [-0.2, 0) is 6.42 Å². The van der Waals surface area contributed by atoms with E-state index < -0.39 is 12.7 Å². The Bertz CT molecular complexity index is 620. The quantitative estimate of drug-likeness (QED) is 0.852. The monoisotopic (exact) mass is 360 g/mol. The van der Waals surface area contributed by atoms with Gasteiger partial charge in [0.2, 0.25) is 0 Å². The third kappa shape index (κ3) is 4.47. The molecule has 0 amide bonds. The van der Waals surface area contributed by atoms with Crippen molar-refractivity contribution in [1.82, 2.24) is 0 Å². The van der Waals surface area contributed by atoms with Gasteiger partial charge in [-0.1, -0.05) is 34.1 Å². The number of aliphatic hydroxyl groups is 1. The van der Waals surface area contributed by atoms with Crippen molar-refractivity contribution in [1.29, 1.82) is 0 Å². The van der Waals surface area contributed by atoms with Crippen LogP contribution in [0.5, 0.6) is 5.75 Å². The highest BCUT2D eigenvalue weighted by molar-refractivity contribution is 9.10. The lowest BCUT2D eigenvalue weighted by Gasteiger charge is -2.14. The van der Waals surface area contributed by atoms with Crippen LogP contribution in [-0.4, -0.2) is 11.7 Å². The zero-order valence-electron chi connectivity index (χ0n) is 10.8. The van der Waals surface area contributed by atoms with Crippen LogP contribution in [0.1, 0.15) is 17.2 Å². The molecule has 0 aromatic heterocycles. The van der Waals surface area contributed by atoms with Gasteiger partial charge in [-0.2, -0.15) is 8.78 Å². The van der Waals surface area contributed by atoms with Crippen molar-refractivity contribution < 1.29 is 23.0 Å². The summed E-state index contributed by atoms with van der Waals surface area (Å²) >= 11 is 3.22. The summed E-state index contributed by atoms with van der Waals surface area (Å²) in [6, 6.07) is 10.0. The summed E-state index contributed by atoms with van der Waals surface area (Å²) < 4.78 is 42.2. The predicted octanol–water partition coefficient (Wildman–Crippen LogP) is 4.47. The van der Waals surface area contributed by atoms with E-state index in [9.17, 15) is 18.3 Å². The summed E-state index contributed by atoms with van der Waals surface area (Å²) in [4.78, 5) is 0. The molecule has 0 radical (unpaired) electrons. The van der Waals surface area contributed by atoms with Crippen molar-refractivity contribution in [3.05, 3.63) is 63.9 Å². The first kappa shape index (κ1) is 15.9. The van der Waals surface area contributed by atoms with Gasteiger partial charge in [0.1, 0.15) is 11.6 Å². The SMILES string of the molecule is OC(Cc1ccc(F)cc1Br)c1cccc(OC(F)F)c1. The first-order valence-corrected chi connectivity index (χ1v) is 6.92. The highest BCUT2D eigenvalue weighted by Gasteiger charge is 2.13. The molecule has 0 heterocycles. The molecule has 112 valence electrons. The van der Waals surface area contributed by atoms with Crippen LogP contribution in [0, 0.1) is 5.82 Å². The van der Waals surface area contributed by atoms with Crippen LogP contribution in [0.3, 0.4) is 0 Å². The maximum absolute atomic E-state index is 13.0. The maximum Gasteiger partial charge on any atom is 0.387 e. The second kappa shape index (κ2) is 6.95. The average Bonchev–Trinajstić information content (AvgIpc) is 2.41. The van der Waals surface area contributed by atoms with E-state index in [1.807, 2.05) is 0 Å². The molecule has 0 bridgehead atoms. The van der Waals surface area contributed by atoms with Crippen molar-refractivity contribution in [2.45, 2.75) is 19.1 Å². The van der Waals surface area contributed by atoms with Crippen molar-refractivity contribution in [3.8, 4) is 5.75 Å². The van der Waals surface area contributed by atoms with E-state index in [0.29, 0.717) is 15.6 Å².